The first kappa shape index (κ1) is 17.3. The molecule has 0 aliphatic rings. The third-order valence-corrected chi connectivity index (χ3v) is 3.85. The van der Waals surface area contributed by atoms with E-state index < -0.39 is 0 Å². The van der Waals surface area contributed by atoms with Crippen molar-refractivity contribution >= 4 is 28.4 Å². The van der Waals surface area contributed by atoms with Crippen molar-refractivity contribution in [3.05, 3.63) is 64.4 Å². The van der Waals surface area contributed by atoms with E-state index in [4.69, 9.17) is 0 Å². The summed E-state index contributed by atoms with van der Waals surface area (Å²) in [5.74, 6) is -0.624. The number of aryl methyl sites for hydroxylation is 1. The number of aromatic nitrogens is 3. The zero-order valence-corrected chi connectivity index (χ0v) is 14.1. The highest BCUT2D eigenvalue weighted by Gasteiger charge is 2.12. The quantitative estimate of drug-likeness (QED) is 0.718. The SMILES string of the molecule is CNC(=O)c1ccccc1NC(=O)CCn1nnc2ccccc2c1=O. The van der Waals surface area contributed by atoms with Crippen LogP contribution < -0.4 is 16.2 Å². The highest BCUT2D eigenvalue weighted by atomic mass is 16.2. The topological polar surface area (TPSA) is 106 Å². The Labute approximate surface area is 148 Å². The van der Waals surface area contributed by atoms with Gasteiger partial charge in [0.05, 0.1) is 23.2 Å². The van der Waals surface area contributed by atoms with Crippen molar-refractivity contribution in [3.8, 4) is 0 Å². The van der Waals surface area contributed by atoms with Gasteiger partial charge >= 0.3 is 0 Å². The number of rotatable bonds is 5. The van der Waals surface area contributed by atoms with Crippen LogP contribution in [-0.4, -0.2) is 33.9 Å². The number of benzene rings is 2. The summed E-state index contributed by atoms with van der Waals surface area (Å²) >= 11 is 0. The molecule has 0 aliphatic heterocycles. The molecule has 3 rings (SSSR count). The van der Waals surface area contributed by atoms with Gasteiger partial charge in [-0.1, -0.05) is 29.5 Å². The third-order valence-electron chi connectivity index (χ3n) is 3.85. The molecule has 132 valence electrons. The van der Waals surface area contributed by atoms with Crippen LogP contribution in [0.3, 0.4) is 0 Å². The van der Waals surface area contributed by atoms with E-state index in [-0.39, 0.29) is 30.3 Å². The van der Waals surface area contributed by atoms with Gasteiger partial charge in [0, 0.05) is 13.5 Å². The number of nitrogens with zero attached hydrogens (tertiary/aromatic N) is 3. The zero-order chi connectivity index (χ0) is 18.5. The van der Waals surface area contributed by atoms with Crippen molar-refractivity contribution in [1.82, 2.24) is 20.3 Å². The highest BCUT2D eigenvalue weighted by Crippen LogP contribution is 2.15. The van der Waals surface area contributed by atoms with E-state index in [9.17, 15) is 14.4 Å². The maximum atomic E-state index is 12.4. The number of hydrogen-bond donors (Lipinski definition) is 2. The monoisotopic (exact) mass is 351 g/mol. The second kappa shape index (κ2) is 7.56. The molecule has 0 atom stereocenters. The second-order valence-corrected chi connectivity index (χ2v) is 5.56. The lowest BCUT2D eigenvalue weighted by Crippen LogP contribution is -2.27. The minimum Gasteiger partial charge on any atom is -0.355 e. The molecule has 2 amide bonds. The van der Waals surface area contributed by atoms with Gasteiger partial charge in [-0.15, -0.1) is 5.10 Å². The van der Waals surface area contributed by atoms with Gasteiger partial charge in [0.15, 0.2) is 0 Å². The minimum atomic E-state index is -0.330. The normalized spacial score (nSPS) is 10.5. The molecule has 0 aliphatic carbocycles. The smallest absolute Gasteiger partial charge is 0.277 e. The lowest BCUT2D eigenvalue weighted by atomic mass is 10.1. The number of fused-ring (bicyclic) bond motifs is 1. The molecule has 0 radical (unpaired) electrons. The van der Waals surface area contributed by atoms with Crippen molar-refractivity contribution in [1.29, 1.82) is 0 Å². The Morgan fingerprint density at radius 2 is 1.81 bits per heavy atom. The summed E-state index contributed by atoms with van der Waals surface area (Å²) in [6.07, 6.45) is 0.0228. The van der Waals surface area contributed by atoms with Gasteiger partial charge in [-0.05, 0) is 24.3 Å². The first-order valence-corrected chi connectivity index (χ1v) is 8.03. The molecule has 0 unspecified atom stereocenters. The zero-order valence-electron chi connectivity index (χ0n) is 14.1. The Bertz CT molecular complexity index is 1030. The van der Waals surface area contributed by atoms with Gasteiger partial charge < -0.3 is 10.6 Å². The molecule has 8 heteroatoms. The summed E-state index contributed by atoms with van der Waals surface area (Å²) in [5, 5.41) is 13.5. The molecular formula is C18H17N5O3. The molecular weight excluding hydrogens is 334 g/mol. The van der Waals surface area contributed by atoms with Crippen molar-refractivity contribution in [2.24, 2.45) is 0 Å². The van der Waals surface area contributed by atoms with Gasteiger partial charge in [0.2, 0.25) is 5.91 Å². The van der Waals surface area contributed by atoms with E-state index in [0.717, 1.165) is 4.68 Å². The van der Waals surface area contributed by atoms with Gasteiger partial charge in [-0.25, -0.2) is 4.68 Å². The number of carbonyl (C=O) groups is 2. The van der Waals surface area contributed by atoms with E-state index in [0.29, 0.717) is 22.2 Å². The largest absolute Gasteiger partial charge is 0.355 e. The molecule has 2 N–H and O–H groups in total. The van der Waals surface area contributed by atoms with Crippen LogP contribution in [0.2, 0.25) is 0 Å². The predicted molar refractivity (Wildman–Crippen MR) is 96.9 cm³/mol. The van der Waals surface area contributed by atoms with Gasteiger partial charge in [0.25, 0.3) is 11.5 Å². The Hall–Kier alpha value is -3.55. The van der Waals surface area contributed by atoms with Gasteiger partial charge in [-0.3, -0.25) is 14.4 Å². The molecule has 26 heavy (non-hydrogen) atoms. The summed E-state index contributed by atoms with van der Waals surface area (Å²) in [7, 11) is 1.52. The third kappa shape index (κ3) is 3.59. The summed E-state index contributed by atoms with van der Waals surface area (Å²) in [5.41, 5.74) is 0.992. The minimum absolute atomic E-state index is 0.0228. The standard InChI is InChI=1S/C18H17N5O3/c1-19-17(25)12-6-2-4-8-14(12)20-16(24)10-11-23-18(26)13-7-3-5-9-15(13)21-22-23/h2-9H,10-11H2,1H3,(H,19,25)(H,20,24). The Morgan fingerprint density at radius 3 is 2.62 bits per heavy atom. The Balaban J connectivity index is 1.72. The molecule has 0 bridgehead atoms. The Kier molecular flexibility index (Phi) is 5.02. The molecule has 0 spiro atoms. The molecule has 8 nitrogen and oxygen atoms in total. The molecule has 3 aromatic rings. The molecule has 1 aromatic heterocycles. The van der Waals surface area contributed by atoms with Crippen molar-refractivity contribution in [3.63, 3.8) is 0 Å². The number of carbonyl (C=O) groups excluding carboxylic acids is 2. The van der Waals surface area contributed by atoms with Crippen LogP contribution in [0, 0.1) is 0 Å². The molecule has 0 fully saturated rings. The van der Waals surface area contributed by atoms with Crippen molar-refractivity contribution in [2.75, 3.05) is 12.4 Å². The van der Waals surface area contributed by atoms with Gasteiger partial charge in [0.1, 0.15) is 5.52 Å². The number of nitrogens with one attached hydrogen (secondary N) is 2. The van der Waals surface area contributed by atoms with Crippen LogP contribution in [0.25, 0.3) is 10.9 Å². The predicted octanol–water partition coefficient (Wildman–Crippen LogP) is 1.18. The van der Waals surface area contributed by atoms with Crippen LogP contribution in [0.1, 0.15) is 16.8 Å². The number of anilines is 1. The second-order valence-electron chi connectivity index (χ2n) is 5.56. The average molecular weight is 351 g/mol. The highest BCUT2D eigenvalue weighted by molar-refractivity contribution is 6.03. The maximum absolute atomic E-state index is 12.4. The fraction of sp³-hybridized carbons (Fsp3) is 0.167. The summed E-state index contributed by atoms with van der Waals surface area (Å²) in [4.78, 5) is 36.4. The fourth-order valence-electron chi connectivity index (χ4n) is 2.51. The molecule has 2 aromatic carbocycles. The maximum Gasteiger partial charge on any atom is 0.277 e. The molecule has 1 heterocycles. The summed E-state index contributed by atoms with van der Waals surface area (Å²) in [6, 6.07) is 13.6. The first-order chi connectivity index (χ1) is 12.6. The van der Waals surface area contributed by atoms with E-state index in [1.165, 1.54) is 7.05 Å². The van der Waals surface area contributed by atoms with Crippen molar-refractivity contribution in [2.45, 2.75) is 13.0 Å². The van der Waals surface area contributed by atoms with E-state index in [2.05, 4.69) is 20.9 Å². The van der Waals surface area contributed by atoms with E-state index >= 15 is 0 Å². The van der Waals surface area contributed by atoms with Crippen LogP contribution in [0.15, 0.2) is 53.3 Å². The number of hydrogen-bond acceptors (Lipinski definition) is 5. The van der Waals surface area contributed by atoms with Crippen LogP contribution in [0.4, 0.5) is 5.69 Å². The Morgan fingerprint density at radius 1 is 1.08 bits per heavy atom. The summed E-state index contributed by atoms with van der Waals surface area (Å²) in [6.45, 7) is 0.0879. The van der Waals surface area contributed by atoms with Crippen LogP contribution in [0.5, 0.6) is 0 Å². The summed E-state index contributed by atoms with van der Waals surface area (Å²) < 4.78 is 1.16. The molecule has 0 saturated carbocycles. The average Bonchev–Trinajstić information content (AvgIpc) is 2.67. The molecule has 0 saturated heterocycles. The first-order valence-electron chi connectivity index (χ1n) is 8.03. The lowest BCUT2D eigenvalue weighted by molar-refractivity contribution is -0.116. The van der Waals surface area contributed by atoms with Crippen molar-refractivity contribution < 1.29 is 9.59 Å². The van der Waals surface area contributed by atoms with Crippen LogP contribution in [-0.2, 0) is 11.3 Å². The van der Waals surface area contributed by atoms with Gasteiger partial charge in [-0.2, -0.15) is 0 Å². The number of para-hydroxylation sites is 1. The van der Waals surface area contributed by atoms with E-state index in [1.807, 2.05) is 0 Å². The van der Waals surface area contributed by atoms with Crippen LogP contribution >= 0.6 is 0 Å². The fourth-order valence-corrected chi connectivity index (χ4v) is 2.51. The number of amides is 2. The lowest BCUT2D eigenvalue weighted by Gasteiger charge is -2.10. The van der Waals surface area contributed by atoms with E-state index in [1.54, 1.807) is 48.5 Å².